The van der Waals surface area contributed by atoms with Crippen LogP contribution in [0.3, 0.4) is 0 Å². The van der Waals surface area contributed by atoms with Crippen molar-refractivity contribution < 1.29 is 13.9 Å². The van der Waals surface area contributed by atoms with Crippen molar-refractivity contribution >= 4 is 18.3 Å². The van der Waals surface area contributed by atoms with E-state index in [1.807, 2.05) is 0 Å². The van der Waals surface area contributed by atoms with Gasteiger partial charge in [-0.1, -0.05) is 6.07 Å². The monoisotopic (exact) mass is 330 g/mol. The third-order valence-corrected chi connectivity index (χ3v) is 3.73. The fourth-order valence-electron chi connectivity index (χ4n) is 2.51. The molecule has 124 valence electrons. The van der Waals surface area contributed by atoms with Crippen LogP contribution in [0.5, 0.6) is 5.75 Å². The second kappa shape index (κ2) is 9.64. The zero-order chi connectivity index (χ0) is 15.1. The molecule has 0 aliphatic carbocycles. The van der Waals surface area contributed by atoms with Gasteiger partial charge in [0.25, 0.3) is 5.91 Å². The smallest absolute Gasteiger partial charge is 0.260 e. The van der Waals surface area contributed by atoms with Gasteiger partial charge >= 0.3 is 0 Å². The van der Waals surface area contributed by atoms with E-state index in [1.165, 1.54) is 25.0 Å². The van der Waals surface area contributed by atoms with Gasteiger partial charge in [-0.25, -0.2) is 4.39 Å². The molecule has 4 nitrogen and oxygen atoms in total. The molecule has 0 radical (unpaired) electrons. The van der Waals surface area contributed by atoms with E-state index in [9.17, 15) is 9.18 Å². The van der Waals surface area contributed by atoms with E-state index < -0.39 is 6.10 Å². The van der Waals surface area contributed by atoms with Gasteiger partial charge in [0.1, 0.15) is 11.6 Å². The Kier molecular flexibility index (Phi) is 8.20. The van der Waals surface area contributed by atoms with Crippen LogP contribution in [0.2, 0.25) is 0 Å². The van der Waals surface area contributed by atoms with Crippen LogP contribution >= 0.6 is 12.4 Å². The van der Waals surface area contributed by atoms with E-state index in [4.69, 9.17) is 4.74 Å². The molecule has 1 amide bonds. The number of hydrogen-bond acceptors (Lipinski definition) is 3. The average molecular weight is 331 g/mol. The predicted octanol–water partition coefficient (Wildman–Crippen LogP) is 2.52. The zero-order valence-electron chi connectivity index (χ0n) is 12.8. The Morgan fingerprint density at radius 3 is 3.05 bits per heavy atom. The second-order valence-corrected chi connectivity index (χ2v) is 5.51. The standard InChI is InChI=1S/C16H23FN2O2.ClH/c1-12(21-15-6-2-5-14(17)10-15)16(20)19-9-7-13-4-3-8-18-11-13;/h2,5-6,10,12-13,18H,3-4,7-9,11H2,1H3,(H,19,20);1H. The van der Waals surface area contributed by atoms with Gasteiger partial charge in [-0.15, -0.1) is 12.4 Å². The van der Waals surface area contributed by atoms with Gasteiger partial charge in [0.05, 0.1) is 0 Å². The topological polar surface area (TPSA) is 50.4 Å². The Hall–Kier alpha value is -1.33. The lowest BCUT2D eigenvalue weighted by Crippen LogP contribution is -2.38. The Morgan fingerprint density at radius 1 is 1.55 bits per heavy atom. The van der Waals surface area contributed by atoms with Gasteiger partial charge in [-0.05, 0) is 57.3 Å². The minimum absolute atomic E-state index is 0. The number of piperidine rings is 1. The van der Waals surface area contributed by atoms with E-state index in [0.29, 0.717) is 18.2 Å². The van der Waals surface area contributed by atoms with Gasteiger partial charge in [-0.2, -0.15) is 0 Å². The minimum Gasteiger partial charge on any atom is -0.481 e. The summed E-state index contributed by atoms with van der Waals surface area (Å²) in [5, 5.41) is 6.24. The Morgan fingerprint density at radius 2 is 2.36 bits per heavy atom. The van der Waals surface area contributed by atoms with Crippen molar-refractivity contribution in [1.82, 2.24) is 10.6 Å². The lowest BCUT2D eigenvalue weighted by molar-refractivity contribution is -0.127. The molecule has 2 rings (SSSR count). The summed E-state index contributed by atoms with van der Waals surface area (Å²) in [6, 6.07) is 5.82. The van der Waals surface area contributed by atoms with E-state index in [-0.39, 0.29) is 24.1 Å². The molecule has 0 bridgehead atoms. The highest BCUT2D eigenvalue weighted by Gasteiger charge is 2.16. The quantitative estimate of drug-likeness (QED) is 0.842. The molecule has 0 spiro atoms. The van der Waals surface area contributed by atoms with Crippen molar-refractivity contribution in [2.45, 2.75) is 32.3 Å². The van der Waals surface area contributed by atoms with Gasteiger partial charge in [0, 0.05) is 12.6 Å². The second-order valence-electron chi connectivity index (χ2n) is 5.51. The number of carbonyl (C=O) groups excluding carboxylic acids is 1. The molecule has 1 aliphatic rings. The van der Waals surface area contributed by atoms with E-state index in [2.05, 4.69) is 10.6 Å². The molecule has 1 aliphatic heterocycles. The number of carbonyl (C=O) groups is 1. The van der Waals surface area contributed by atoms with Crippen LogP contribution in [0.15, 0.2) is 24.3 Å². The highest BCUT2D eigenvalue weighted by atomic mass is 35.5. The zero-order valence-corrected chi connectivity index (χ0v) is 13.6. The van der Waals surface area contributed by atoms with Gasteiger partial charge < -0.3 is 15.4 Å². The molecule has 1 heterocycles. The first kappa shape index (κ1) is 18.7. The van der Waals surface area contributed by atoms with E-state index in [0.717, 1.165) is 19.5 Å². The van der Waals surface area contributed by atoms with Crippen LogP contribution in [0.1, 0.15) is 26.2 Å². The van der Waals surface area contributed by atoms with Crippen LogP contribution in [-0.4, -0.2) is 31.6 Å². The van der Waals surface area contributed by atoms with Gasteiger partial charge in [-0.3, -0.25) is 4.79 Å². The molecular weight excluding hydrogens is 307 g/mol. The molecule has 1 fully saturated rings. The molecule has 6 heteroatoms. The first-order chi connectivity index (χ1) is 10.1. The summed E-state index contributed by atoms with van der Waals surface area (Å²) in [7, 11) is 0. The summed E-state index contributed by atoms with van der Waals surface area (Å²) in [5.74, 6) is 0.473. The largest absolute Gasteiger partial charge is 0.481 e. The third kappa shape index (κ3) is 6.20. The van der Waals surface area contributed by atoms with Crippen molar-refractivity contribution in [3.05, 3.63) is 30.1 Å². The fraction of sp³-hybridized carbons (Fsp3) is 0.562. The van der Waals surface area contributed by atoms with Crippen molar-refractivity contribution in [3.8, 4) is 5.75 Å². The van der Waals surface area contributed by atoms with Crippen LogP contribution in [-0.2, 0) is 4.79 Å². The first-order valence-electron chi connectivity index (χ1n) is 7.56. The highest BCUT2D eigenvalue weighted by molar-refractivity contribution is 5.85. The van der Waals surface area contributed by atoms with Crippen LogP contribution in [0.4, 0.5) is 4.39 Å². The molecule has 2 unspecified atom stereocenters. The first-order valence-corrected chi connectivity index (χ1v) is 7.56. The molecule has 1 saturated heterocycles. The van der Waals surface area contributed by atoms with Crippen molar-refractivity contribution in [2.24, 2.45) is 5.92 Å². The normalized spacial score (nSPS) is 18.9. The van der Waals surface area contributed by atoms with Crippen molar-refractivity contribution in [1.29, 1.82) is 0 Å². The summed E-state index contributed by atoms with van der Waals surface area (Å²) in [5.41, 5.74) is 0. The Bertz CT molecular complexity index is 467. The average Bonchev–Trinajstić information content (AvgIpc) is 2.48. The SMILES string of the molecule is CC(Oc1cccc(F)c1)C(=O)NCCC1CCCNC1.Cl. The molecular formula is C16H24ClFN2O2. The van der Waals surface area contributed by atoms with Gasteiger partial charge in [0.15, 0.2) is 6.10 Å². The number of amides is 1. The summed E-state index contributed by atoms with van der Waals surface area (Å²) in [6.07, 6.45) is 2.78. The maximum Gasteiger partial charge on any atom is 0.260 e. The van der Waals surface area contributed by atoms with Crippen LogP contribution < -0.4 is 15.4 Å². The summed E-state index contributed by atoms with van der Waals surface area (Å²) in [4.78, 5) is 11.9. The molecule has 0 saturated carbocycles. The molecule has 2 N–H and O–H groups in total. The Labute approximate surface area is 137 Å². The number of rotatable bonds is 6. The number of halogens is 2. The maximum absolute atomic E-state index is 13.0. The molecule has 22 heavy (non-hydrogen) atoms. The molecule has 0 aromatic heterocycles. The number of ether oxygens (including phenoxy) is 1. The molecule has 1 aromatic carbocycles. The maximum atomic E-state index is 13.0. The molecule has 2 atom stereocenters. The van der Waals surface area contributed by atoms with Gasteiger partial charge in [0.2, 0.25) is 0 Å². The lowest BCUT2D eigenvalue weighted by Gasteiger charge is -2.23. The van der Waals surface area contributed by atoms with Crippen molar-refractivity contribution in [2.75, 3.05) is 19.6 Å². The minimum atomic E-state index is -0.628. The van der Waals surface area contributed by atoms with Crippen molar-refractivity contribution in [3.63, 3.8) is 0 Å². The summed E-state index contributed by atoms with van der Waals surface area (Å²) >= 11 is 0. The number of hydrogen-bond donors (Lipinski definition) is 2. The summed E-state index contributed by atoms with van der Waals surface area (Å²) < 4.78 is 18.5. The number of nitrogens with one attached hydrogen (secondary N) is 2. The molecule has 1 aromatic rings. The van der Waals surface area contributed by atoms with Crippen LogP contribution in [0, 0.1) is 11.7 Å². The lowest BCUT2D eigenvalue weighted by atomic mass is 9.96. The number of benzene rings is 1. The predicted molar refractivity (Wildman–Crippen MR) is 87.0 cm³/mol. The van der Waals surface area contributed by atoms with E-state index in [1.54, 1.807) is 19.1 Å². The Balaban J connectivity index is 0.00000242. The van der Waals surface area contributed by atoms with Crippen LogP contribution in [0.25, 0.3) is 0 Å². The van der Waals surface area contributed by atoms with E-state index >= 15 is 0 Å². The summed E-state index contributed by atoms with van der Waals surface area (Å²) in [6.45, 7) is 4.46. The fourth-order valence-corrected chi connectivity index (χ4v) is 2.51. The highest BCUT2D eigenvalue weighted by Crippen LogP contribution is 2.14. The third-order valence-electron chi connectivity index (χ3n) is 3.73.